The van der Waals surface area contributed by atoms with E-state index in [1.165, 1.54) is 0 Å². The van der Waals surface area contributed by atoms with Gasteiger partial charge in [-0.3, -0.25) is 4.79 Å². The standard InChI is InChI=1S/C8H14N2O5/c9-5-3-15-2-4(5)7(12)10-6(1-11)8(13)14/h4-6,11H,1-3,9H2,(H,10,12)(H,13,14). The molecular weight excluding hydrogens is 204 g/mol. The van der Waals surface area contributed by atoms with Gasteiger partial charge in [0.2, 0.25) is 5.91 Å². The van der Waals surface area contributed by atoms with E-state index in [1.54, 1.807) is 0 Å². The topological polar surface area (TPSA) is 122 Å². The summed E-state index contributed by atoms with van der Waals surface area (Å²) in [4.78, 5) is 22.0. The number of amides is 1. The molecule has 1 fully saturated rings. The van der Waals surface area contributed by atoms with Crippen molar-refractivity contribution < 1.29 is 24.5 Å². The van der Waals surface area contributed by atoms with E-state index < -0.39 is 36.5 Å². The first-order chi connectivity index (χ1) is 7.06. The van der Waals surface area contributed by atoms with Crippen molar-refractivity contribution in [2.75, 3.05) is 19.8 Å². The molecule has 1 rings (SSSR count). The smallest absolute Gasteiger partial charge is 0.328 e. The third kappa shape index (κ3) is 2.88. The van der Waals surface area contributed by atoms with Crippen LogP contribution < -0.4 is 11.1 Å². The van der Waals surface area contributed by atoms with Gasteiger partial charge in [-0.2, -0.15) is 0 Å². The van der Waals surface area contributed by atoms with Gasteiger partial charge in [0, 0.05) is 6.04 Å². The van der Waals surface area contributed by atoms with Gasteiger partial charge in [-0.1, -0.05) is 0 Å². The van der Waals surface area contributed by atoms with Crippen molar-refractivity contribution >= 4 is 11.9 Å². The molecular formula is C8H14N2O5. The number of hydrogen-bond acceptors (Lipinski definition) is 5. The van der Waals surface area contributed by atoms with Crippen LogP contribution in [-0.4, -0.2) is 54.0 Å². The first-order valence-electron chi connectivity index (χ1n) is 4.53. The molecule has 1 heterocycles. The Morgan fingerprint density at radius 2 is 2.20 bits per heavy atom. The third-order valence-electron chi connectivity index (χ3n) is 2.26. The van der Waals surface area contributed by atoms with Crippen molar-refractivity contribution in [3.8, 4) is 0 Å². The summed E-state index contributed by atoms with van der Waals surface area (Å²) >= 11 is 0. The van der Waals surface area contributed by atoms with E-state index in [1.807, 2.05) is 0 Å². The predicted molar refractivity (Wildman–Crippen MR) is 48.9 cm³/mol. The normalized spacial score (nSPS) is 27.3. The molecule has 3 atom stereocenters. The van der Waals surface area contributed by atoms with Gasteiger partial charge in [0.15, 0.2) is 0 Å². The van der Waals surface area contributed by atoms with Crippen molar-refractivity contribution in [1.29, 1.82) is 0 Å². The summed E-state index contributed by atoms with van der Waals surface area (Å²) in [6.45, 7) is -0.177. The van der Waals surface area contributed by atoms with Crippen molar-refractivity contribution in [2.45, 2.75) is 12.1 Å². The Balaban J connectivity index is 2.50. The monoisotopic (exact) mass is 218 g/mol. The van der Waals surface area contributed by atoms with Crippen LogP contribution in [0.15, 0.2) is 0 Å². The summed E-state index contributed by atoms with van der Waals surface area (Å²) in [5.41, 5.74) is 5.58. The van der Waals surface area contributed by atoms with Gasteiger partial charge >= 0.3 is 5.97 Å². The summed E-state index contributed by atoms with van der Waals surface area (Å²) in [6.07, 6.45) is 0. The van der Waals surface area contributed by atoms with Gasteiger partial charge in [0.25, 0.3) is 0 Å². The minimum Gasteiger partial charge on any atom is -0.480 e. The molecule has 1 aliphatic heterocycles. The Hall–Kier alpha value is -1.18. The number of nitrogens with two attached hydrogens (primary N) is 1. The number of ether oxygens (including phenoxy) is 1. The average Bonchev–Trinajstić information content (AvgIpc) is 2.60. The van der Waals surface area contributed by atoms with Gasteiger partial charge in [-0.15, -0.1) is 0 Å². The molecule has 0 radical (unpaired) electrons. The minimum absolute atomic E-state index is 0.185. The highest BCUT2D eigenvalue weighted by Crippen LogP contribution is 2.11. The van der Waals surface area contributed by atoms with Crippen LogP contribution in [0, 0.1) is 5.92 Å². The van der Waals surface area contributed by atoms with Crippen LogP contribution in [-0.2, 0) is 14.3 Å². The van der Waals surface area contributed by atoms with Crippen LogP contribution in [0.4, 0.5) is 0 Å². The Bertz CT molecular complexity index is 257. The molecule has 5 N–H and O–H groups in total. The van der Waals surface area contributed by atoms with E-state index in [-0.39, 0.29) is 13.2 Å². The number of aliphatic carboxylic acids is 1. The molecule has 0 aliphatic carbocycles. The van der Waals surface area contributed by atoms with Gasteiger partial charge in [-0.05, 0) is 0 Å². The number of rotatable bonds is 4. The maximum Gasteiger partial charge on any atom is 0.328 e. The zero-order valence-corrected chi connectivity index (χ0v) is 8.05. The Morgan fingerprint density at radius 3 is 2.60 bits per heavy atom. The van der Waals surface area contributed by atoms with Crippen LogP contribution in [0.5, 0.6) is 0 Å². The second kappa shape index (κ2) is 5.06. The zero-order valence-electron chi connectivity index (χ0n) is 8.05. The molecule has 1 saturated heterocycles. The van der Waals surface area contributed by atoms with Gasteiger partial charge < -0.3 is 26.0 Å². The molecule has 3 unspecified atom stereocenters. The Kier molecular flexibility index (Phi) is 4.01. The van der Waals surface area contributed by atoms with Crippen LogP contribution in [0.2, 0.25) is 0 Å². The molecule has 0 bridgehead atoms. The van der Waals surface area contributed by atoms with Crippen LogP contribution >= 0.6 is 0 Å². The molecule has 1 amide bonds. The minimum atomic E-state index is -1.29. The number of carbonyl (C=O) groups excluding carboxylic acids is 1. The number of aliphatic hydroxyl groups is 1. The summed E-state index contributed by atoms with van der Waals surface area (Å²) in [5, 5.41) is 19.5. The summed E-state index contributed by atoms with van der Waals surface area (Å²) in [7, 11) is 0. The van der Waals surface area contributed by atoms with Crippen molar-refractivity contribution in [1.82, 2.24) is 5.32 Å². The lowest BCUT2D eigenvalue weighted by atomic mass is 10.0. The van der Waals surface area contributed by atoms with Crippen LogP contribution in [0.3, 0.4) is 0 Å². The van der Waals surface area contributed by atoms with Crippen LogP contribution in [0.1, 0.15) is 0 Å². The first-order valence-corrected chi connectivity index (χ1v) is 4.53. The highest BCUT2D eigenvalue weighted by molar-refractivity contribution is 5.85. The van der Waals surface area contributed by atoms with E-state index in [2.05, 4.69) is 5.32 Å². The number of nitrogens with one attached hydrogen (secondary N) is 1. The number of carboxylic acid groups (broad SMARTS) is 1. The molecule has 0 spiro atoms. The molecule has 0 aromatic rings. The molecule has 0 aromatic heterocycles. The van der Waals surface area contributed by atoms with E-state index >= 15 is 0 Å². The maximum absolute atomic E-state index is 11.5. The van der Waals surface area contributed by atoms with E-state index in [0.29, 0.717) is 0 Å². The van der Waals surface area contributed by atoms with Crippen LogP contribution in [0.25, 0.3) is 0 Å². The lowest BCUT2D eigenvalue weighted by molar-refractivity contribution is -0.143. The lowest BCUT2D eigenvalue weighted by Crippen LogP contribution is -2.49. The summed E-state index contributed by atoms with van der Waals surface area (Å²) in [5.74, 6) is -2.32. The van der Waals surface area contributed by atoms with E-state index in [9.17, 15) is 9.59 Å². The molecule has 7 nitrogen and oxygen atoms in total. The van der Waals surface area contributed by atoms with Gasteiger partial charge in [-0.25, -0.2) is 4.79 Å². The molecule has 15 heavy (non-hydrogen) atoms. The van der Waals surface area contributed by atoms with Gasteiger partial charge in [0.05, 0.1) is 25.7 Å². The number of carbonyl (C=O) groups is 2. The van der Waals surface area contributed by atoms with Gasteiger partial charge in [0.1, 0.15) is 6.04 Å². The zero-order chi connectivity index (χ0) is 11.4. The third-order valence-corrected chi connectivity index (χ3v) is 2.26. The predicted octanol–water partition coefficient (Wildman–Crippen LogP) is -2.48. The quantitative estimate of drug-likeness (QED) is 0.414. The first kappa shape index (κ1) is 11.9. The fourth-order valence-corrected chi connectivity index (χ4v) is 1.31. The number of carboxylic acids is 1. The van der Waals surface area contributed by atoms with E-state index in [4.69, 9.17) is 20.7 Å². The SMILES string of the molecule is NC1COCC1C(=O)NC(CO)C(=O)O. The van der Waals surface area contributed by atoms with Crippen molar-refractivity contribution in [3.05, 3.63) is 0 Å². The second-order valence-corrected chi connectivity index (χ2v) is 3.39. The number of hydrogen-bond donors (Lipinski definition) is 4. The maximum atomic E-state index is 11.5. The van der Waals surface area contributed by atoms with E-state index in [0.717, 1.165) is 0 Å². The number of aliphatic hydroxyl groups excluding tert-OH is 1. The largest absolute Gasteiger partial charge is 0.480 e. The Morgan fingerprint density at radius 1 is 1.53 bits per heavy atom. The molecule has 7 heteroatoms. The molecule has 0 saturated carbocycles. The fourth-order valence-electron chi connectivity index (χ4n) is 1.31. The molecule has 86 valence electrons. The van der Waals surface area contributed by atoms with Crippen molar-refractivity contribution in [3.63, 3.8) is 0 Å². The second-order valence-electron chi connectivity index (χ2n) is 3.39. The van der Waals surface area contributed by atoms with Crippen molar-refractivity contribution in [2.24, 2.45) is 11.7 Å². The molecule has 1 aliphatic rings. The fraction of sp³-hybridized carbons (Fsp3) is 0.750. The highest BCUT2D eigenvalue weighted by atomic mass is 16.5. The highest BCUT2D eigenvalue weighted by Gasteiger charge is 2.33. The average molecular weight is 218 g/mol. The molecule has 0 aromatic carbocycles. The summed E-state index contributed by atoms with van der Waals surface area (Å²) < 4.78 is 4.97. The lowest BCUT2D eigenvalue weighted by Gasteiger charge is -2.16. The summed E-state index contributed by atoms with van der Waals surface area (Å²) in [6, 6.07) is -1.71. The Labute approximate surface area is 86.2 Å².